The van der Waals surface area contributed by atoms with Crippen LogP contribution in [0, 0.1) is 6.92 Å². The van der Waals surface area contributed by atoms with Gasteiger partial charge < -0.3 is 5.32 Å². The van der Waals surface area contributed by atoms with Gasteiger partial charge in [-0.1, -0.05) is 23.7 Å². The van der Waals surface area contributed by atoms with Crippen molar-refractivity contribution in [2.75, 3.05) is 0 Å². The Labute approximate surface area is 111 Å². The maximum Gasteiger partial charge on any atom is 0.0406 e. The number of hydrogen-bond acceptors (Lipinski definition) is 2. The third kappa shape index (κ3) is 3.56. The predicted molar refractivity (Wildman–Crippen MR) is 75.8 cm³/mol. The first-order chi connectivity index (χ1) is 8.15. The van der Waals surface area contributed by atoms with Crippen molar-refractivity contribution in [3.05, 3.63) is 56.7 Å². The summed E-state index contributed by atoms with van der Waals surface area (Å²) in [4.78, 5) is 2.74. The summed E-state index contributed by atoms with van der Waals surface area (Å²) in [5, 5.41) is 4.30. The molecule has 1 aromatic carbocycles. The van der Waals surface area contributed by atoms with Gasteiger partial charge in [0.25, 0.3) is 0 Å². The molecule has 0 aliphatic rings. The van der Waals surface area contributed by atoms with Gasteiger partial charge in [0.2, 0.25) is 0 Å². The van der Waals surface area contributed by atoms with E-state index in [2.05, 4.69) is 43.4 Å². The molecule has 0 saturated carbocycles. The summed E-state index contributed by atoms with van der Waals surface area (Å²) >= 11 is 7.72. The van der Waals surface area contributed by atoms with Crippen LogP contribution in [0.1, 0.15) is 28.3 Å². The molecule has 1 nitrogen and oxygen atoms in total. The topological polar surface area (TPSA) is 12.0 Å². The van der Waals surface area contributed by atoms with Crippen LogP contribution < -0.4 is 5.32 Å². The van der Waals surface area contributed by atoms with Crippen LogP contribution in [0.25, 0.3) is 0 Å². The van der Waals surface area contributed by atoms with Crippen molar-refractivity contribution in [2.45, 2.75) is 26.4 Å². The van der Waals surface area contributed by atoms with Crippen molar-refractivity contribution >= 4 is 22.9 Å². The minimum absolute atomic E-state index is 0.342. The van der Waals surface area contributed by atoms with Crippen molar-refractivity contribution < 1.29 is 0 Å². The van der Waals surface area contributed by atoms with Crippen LogP contribution >= 0.6 is 22.9 Å². The van der Waals surface area contributed by atoms with Crippen LogP contribution in [0.4, 0.5) is 0 Å². The smallest absolute Gasteiger partial charge is 0.0406 e. The number of rotatable bonds is 4. The molecular formula is C14H16ClNS. The summed E-state index contributed by atoms with van der Waals surface area (Å²) in [6.07, 6.45) is 0. The maximum atomic E-state index is 5.87. The Bertz CT molecular complexity index is 475. The molecule has 0 radical (unpaired) electrons. The summed E-state index contributed by atoms with van der Waals surface area (Å²) in [5.41, 5.74) is 1.27. The van der Waals surface area contributed by atoms with Gasteiger partial charge in [-0.05, 0) is 43.7 Å². The predicted octanol–water partition coefficient (Wildman–Crippen LogP) is 4.56. The number of nitrogens with one attached hydrogen (secondary N) is 1. The second-order valence-electron chi connectivity index (χ2n) is 4.17. The van der Waals surface area contributed by atoms with E-state index in [1.807, 2.05) is 23.5 Å². The van der Waals surface area contributed by atoms with E-state index in [4.69, 9.17) is 11.6 Å². The highest BCUT2D eigenvalue weighted by molar-refractivity contribution is 7.11. The van der Waals surface area contributed by atoms with E-state index in [-0.39, 0.29) is 0 Å². The number of thiophene rings is 1. The lowest BCUT2D eigenvalue weighted by Gasteiger charge is -2.13. The fourth-order valence-corrected chi connectivity index (χ4v) is 2.67. The van der Waals surface area contributed by atoms with E-state index in [0.29, 0.717) is 6.04 Å². The van der Waals surface area contributed by atoms with Crippen LogP contribution in [-0.2, 0) is 6.54 Å². The van der Waals surface area contributed by atoms with E-state index >= 15 is 0 Å². The highest BCUT2D eigenvalue weighted by atomic mass is 35.5. The van der Waals surface area contributed by atoms with E-state index in [1.165, 1.54) is 15.3 Å². The molecule has 2 rings (SSSR count). The normalized spacial score (nSPS) is 12.6. The van der Waals surface area contributed by atoms with Crippen LogP contribution in [-0.4, -0.2) is 0 Å². The minimum atomic E-state index is 0.342. The summed E-state index contributed by atoms with van der Waals surface area (Å²) < 4.78 is 0. The van der Waals surface area contributed by atoms with Crippen molar-refractivity contribution in [1.82, 2.24) is 5.32 Å². The Balaban J connectivity index is 1.93. The van der Waals surface area contributed by atoms with Crippen LogP contribution in [0.15, 0.2) is 36.4 Å². The summed E-state index contributed by atoms with van der Waals surface area (Å²) in [6.45, 7) is 5.22. The third-order valence-electron chi connectivity index (χ3n) is 2.75. The van der Waals surface area contributed by atoms with E-state index in [0.717, 1.165) is 11.6 Å². The highest BCUT2D eigenvalue weighted by Gasteiger charge is 2.05. The fraction of sp³-hybridized carbons (Fsp3) is 0.286. The Hall–Kier alpha value is -0.830. The first kappa shape index (κ1) is 12.6. The molecule has 3 heteroatoms. The molecule has 1 aromatic heterocycles. The molecular weight excluding hydrogens is 250 g/mol. The monoisotopic (exact) mass is 265 g/mol. The molecule has 0 aliphatic carbocycles. The molecule has 90 valence electrons. The highest BCUT2D eigenvalue weighted by Crippen LogP contribution is 2.19. The molecule has 0 amide bonds. The first-order valence-corrected chi connectivity index (χ1v) is 6.89. The molecule has 0 saturated heterocycles. The molecule has 1 heterocycles. The van der Waals surface area contributed by atoms with Crippen molar-refractivity contribution in [3.8, 4) is 0 Å². The molecule has 1 N–H and O–H groups in total. The second kappa shape index (κ2) is 5.67. The first-order valence-electron chi connectivity index (χ1n) is 5.69. The quantitative estimate of drug-likeness (QED) is 0.855. The van der Waals surface area contributed by atoms with E-state index in [9.17, 15) is 0 Å². The Kier molecular flexibility index (Phi) is 4.21. The zero-order chi connectivity index (χ0) is 12.3. The number of aryl methyl sites for hydroxylation is 1. The number of halogens is 1. The van der Waals surface area contributed by atoms with Gasteiger partial charge in [-0.25, -0.2) is 0 Å². The molecule has 0 bridgehead atoms. The zero-order valence-corrected chi connectivity index (χ0v) is 11.6. The lowest BCUT2D eigenvalue weighted by Crippen LogP contribution is -2.17. The van der Waals surface area contributed by atoms with Crippen LogP contribution in [0.3, 0.4) is 0 Å². The largest absolute Gasteiger partial charge is 0.305 e. The standard InChI is InChI=1S/C14H16ClNS/c1-10-3-8-14(17-10)9-16-11(2)12-4-6-13(15)7-5-12/h3-8,11,16H,9H2,1-2H3/t11-/m1/s1. The van der Waals surface area contributed by atoms with Gasteiger partial charge in [0, 0.05) is 27.4 Å². The minimum Gasteiger partial charge on any atom is -0.305 e. The Morgan fingerprint density at radius 3 is 2.47 bits per heavy atom. The maximum absolute atomic E-state index is 5.87. The summed E-state index contributed by atoms with van der Waals surface area (Å²) in [6, 6.07) is 12.7. The molecule has 17 heavy (non-hydrogen) atoms. The zero-order valence-electron chi connectivity index (χ0n) is 10.0. The van der Waals surface area contributed by atoms with Crippen molar-refractivity contribution in [3.63, 3.8) is 0 Å². The van der Waals surface area contributed by atoms with Gasteiger partial charge in [0.05, 0.1) is 0 Å². The van der Waals surface area contributed by atoms with E-state index in [1.54, 1.807) is 0 Å². The van der Waals surface area contributed by atoms with E-state index < -0.39 is 0 Å². The third-order valence-corrected chi connectivity index (χ3v) is 4.00. The van der Waals surface area contributed by atoms with Crippen LogP contribution in [0.5, 0.6) is 0 Å². The average molecular weight is 266 g/mol. The number of benzene rings is 1. The Morgan fingerprint density at radius 2 is 1.88 bits per heavy atom. The molecule has 2 aromatic rings. The van der Waals surface area contributed by atoms with Gasteiger partial charge in [-0.3, -0.25) is 0 Å². The molecule has 0 aliphatic heterocycles. The summed E-state index contributed by atoms with van der Waals surface area (Å²) in [7, 11) is 0. The molecule has 0 fully saturated rings. The van der Waals surface area contributed by atoms with Gasteiger partial charge >= 0.3 is 0 Å². The van der Waals surface area contributed by atoms with Crippen LogP contribution in [0.2, 0.25) is 5.02 Å². The molecule has 0 unspecified atom stereocenters. The van der Waals surface area contributed by atoms with Gasteiger partial charge in [0.15, 0.2) is 0 Å². The SMILES string of the molecule is Cc1ccc(CN[C@H](C)c2ccc(Cl)cc2)s1. The molecule has 1 atom stereocenters. The second-order valence-corrected chi connectivity index (χ2v) is 5.98. The van der Waals surface area contributed by atoms with Gasteiger partial charge in [0.1, 0.15) is 0 Å². The number of hydrogen-bond donors (Lipinski definition) is 1. The van der Waals surface area contributed by atoms with Crippen molar-refractivity contribution in [2.24, 2.45) is 0 Å². The van der Waals surface area contributed by atoms with Gasteiger partial charge in [-0.2, -0.15) is 0 Å². The summed E-state index contributed by atoms with van der Waals surface area (Å²) in [5.74, 6) is 0. The van der Waals surface area contributed by atoms with Crippen molar-refractivity contribution in [1.29, 1.82) is 0 Å². The lowest BCUT2D eigenvalue weighted by atomic mass is 10.1. The molecule has 0 spiro atoms. The fourth-order valence-electron chi connectivity index (χ4n) is 1.70. The lowest BCUT2D eigenvalue weighted by molar-refractivity contribution is 0.579. The Morgan fingerprint density at radius 1 is 1.18 bits per heavy atom. The van der Waals surface area contributed by atoms with Gasteiger partial charge in [-0.15, -0.1) is 11.3 Å². The average Bonchev–Trinajstić information content (AvgIpc) is 2.73.